The van der Waals surface area contributed by atoms with Gasteiger partial charge in [0, 0.05) is 24.1 Å². The minimum atomic E-state index is -4.67. The van der Waals surface area contributed by atoms with Crippen molar-refractivity contribution >= 4 is 48.9 Å². The predicted molar refractivity (Wildman–Crippen MR) is 155 cm³/mol. The Balaban J connectivity index is 1.60. The van der Waals surface area contributed by atoms with Crippen molar-refractivity contribution < 1.29 is 28.9 Å². The normalized spacial score (nSPS) is 13.4. The molecule has 2 aromatic heterocycles. The number of aryl methyl sites for hydroxylation is 2. The number of phenols is 1. The molecule has 4 aromatic rings. The maximum Gasteiger partial charge on any atom is 0.335 e. The first-order valence-electron chi connectivity index (χ1n) is 12.5. The Morgan fingerprint density at radius 1 is 1.02 bits per heavy atom. The fourth-order valence-electron chi connectivity index (χ4n) is 4.08. The largest absolute Gasteiger partial charge is 0.508 e. The molecular formula is C25H33N7O6P2. The topological polar surface area (TPSA) is 186 Å². The maximum absolute atomic E-state index is 12.5. The molecule has 0 aliphatic rings. The van der Waals surface area contributed by atoms with Crippen LogP contribution in [0.5, 0.6) is 5.75 Å². The van der Waals surface area contributed by atoms with Gasteiger partial charge in [0.05, 0.1) is 6.33 Å². The summed E-state index contributed by atoms with van der Waals surface area (Å²) in [6.07, 6.45) is 3.21. The van der Waals surface area contributed by atoms with Crippen molar-refractivity contribution in [2.75, 3.05) is 43.7 Å². The summed E-state index contributed by atoms with van der Waals surface area (Å²) in [7, 11) is -4.90. The molecule has 0 spiro atoms. The number of hydrogen-bond donors (Lipinski definition) is 6. The SMILES string of the molecule is CN(C)CCCNc1nc(Nc2ccc(P(=O)(O)CP(=O)(O)O)cc2)c2ncn(CCc3cccc(O)c3)c2n1. The number of hydrogen-bond acceptors (Lipinski definition) is 9. The first-order valence-corrected chi connectivity index (χ1v) is 16.2. The molecule has 0 aliphatic carbocycles. The second-order valence-electron chi connectivity index (χ2n) is 9.69. The van der Waals surface area contributed by atoms with Crippen molar-refractivity contribution in [2.24, 2.45) is 0 Å². The lowest BCUT2D eigenvalue weighted by Crippen LogP contribution is -2.17. The molecule has 6 N–H and O–H groups in total. The molecule has 0 fully saturated rings. The van der Waals surface area contributed by atoms with E-state index >= 15 is 0 Å². The molecule has 2 heterocycles. The summed E-state index contributed by atoms with van der Waals surface area (Å²) in [4.78, 5) is 44.3. The van der Waals surface area contributed by atoms with Crippen LogP contribution < -0.4 is 15.9 Å². The molecule has 0 bridgehead atoms. The first kappa shape index (κ1) is 29.7. The highest BCUT2D eigenvalue weighted by molar-refractivity contribution is 7.77. The third-order valence-corrected chi connectivity index (χ3v) is 10.1. The maximum atomic E-state index is 12.5. The van der Waals surface area contributed by atoms with Gasteiger partial charge in [-0.15, -0.1) is 0 Å². The summed E-state index contributed by atoms with van der Waals surface area (Å²) < 4.78 is 25.6. The molecule has 0 aliphatic heterocycles. The van der Waals surface area contributed by atoms with E-state index in [-0.39, 0.29) is 11.1 Å². The molecular weight excluding hydrogens is 556 g/mol. The fraction of sp³-hybridized carbons (Fsp3) is 0.320. The summed E-state index contributed by atoms with van der Waals surface area (Å²) >= 11 is 0. The van der Waals surface area contributed by atoms with Gasteiger partial charge in [0.2, 0.25) is 13.3 Å². The van der Waals surface area contributed by atoms with Crippen LogP contribution in [0.2, 0.25) is 0 Å². The van der Waals surface area contributed by atoms with E-state index in [0.717, 1.165) is 18.5 Å². The smallest absolute Gasteiger partial charge is 0.335 e. The van der Waals surface area contributed by atoms with Crippen molar-refractivity contribution in [2.45, 2.75) is 19.4 Å². The highest BCUT2D eigenvalue weighted by atomic mass is 31.2. The number of nitrogens with zero attached hydrogens (tertiary/aromatic N) is 5. The molecule has 1 atom stereocenters. The Labute approximate surface area is 231 Å². The summed E-state index contributed by atoms with van der Waals surface area (Å²) in [5.41, 5.74) is 2.63. The van der Waals surface area contributed by atoms with Gasteiger partial charge in [0.15, 0.2) is 17.0 Å². The molecule has 2 aromatic carbocycles. The zero-order valence-corrected chi connectivity index (χ0v) is 24.0. The second-order valence-corrected chi connectivity index (χ2v) is 14.1. The second kappa shape index (κ2) is 12.5. The summed E-state index contributed by atoms with van der Waals surface area (Å²) in [6.45, 7) is 2.11. The molecule has 0 saturated heterocycles. The van der Waals surface area contributed by atoms with Crippen LogP contribution in [0, 0.1) is 0 Å². The standard InChI is InChI=1S/C25H33N7O6P2/c1-31(2)13-4-12-26-25-29-23(28-19-7-9-21(10-8-19)39(34,35)17-40(36,37)38)22-24(30-25)32(16-27-22)14-11-18-5-3-6-20(33)15-18/h3,5-10,15-16,33H,4,11-14,17H2,1-2H3,(H,34,35)(H2,36,37,38)(H2,26,28,29,30). The summed E-state index contributed by atoms with van der Waals surface area (Å²) in [6, 6.07) is 12.9. The van der Waals surface area contributed by atoms with Crippen LogP contribution in [-0.4, -0.2) is 77.3 Å². The van der Waals surface area contributed by atoms with Crippen molar-refractivity contribution in [3.63, 3.8) is 0 Å². The van der Waals surface area contributed by atoms with E-state index in [1.807, 2.05) is 24.7 Å². The van der Waals surface area contributed by atoms with Gasteiger partial charge in [-0.25, -0.2) is 4.98 Å². The number of phenolic OH excluding ortho intramolecular Hbond substituents is 1. The van der Waals surface area contributed by atoms with Crippen molar-refractivity contribution in [1.29, 1.82) is 0 Å². The molecule has 1 unspecified atom stereocenters. The molecule has 4 rings (SSSR count). The summed E-state index contributed by atoms with van der Waals surface area (Å²) in [5, 5.41) is 16.2. The van der Waals surface area contributed by atoms with Gasteiger partial charge >= 0.3 is 7.60 Å². The number of imidazole rings is 1. The monoisotopic (exact) mass is 589 g/mol. The molecule has 40 heavy (non-hydrogen) atoms. The third kappa shape index (κ3) is 8.11. The zero-order valence-electron chi connectivity index (χ0n) is 22.2. The zero-order chi connectivity index (χ0) is 28.9. The Morgan fingerprint density at radius 3 is 2.45 bits per heavy atom. The van der Waals surface area contributed by atoms with E-state index in [4.69, 9.17) is 14.8 Å². The molecule has 13 nitrogen and oxygen atoms in total. The van der Waals surface area contributed by atoms with Crippen molar-refractivity contribution in [1.82, 2.24) is 24.4 Å². The highest BCUT2D eigenvalue weighted by Gasteiger charge is 2.31. The number of benzene rings is 2. The number of fused-ring (bicyclic) bond motifs is 1. The first-order chi connectivity index (χ1) is 18.9. The van der Waals surface area contributed by atoms with Gasteiger partial charge in [-0.05, 0) is 75.4 Å². The van der Waals surface area contributed by atoms with Gasteiger partial charge in [-0.3, -0.25) is 9.13 Å². The Kier molecular flexibility index (Phi) is 9.25. The Hall–Kier alpha value is -3.31. The van der Waals surface area contributed by atoms with Crippen molar-refractivity contribution in [3.8, 4) is 5.75 Å². The summed E-state index contributed by atoms with van der Waals surface area (Å²) in [5.74, 6) is -0.0870. The third-order valence-electron chi connectivity index (χ3n) is 5.99. The van der Waals surface area contributed by atoms with Crippen LogP contribution in [-0.2, 0) is 22.1 Å². The number of anilines is 3. The van der Waals surface area contributed by atoms with Gasteiger partial charge in [0.1, 0.15) is 11.7 Å². The average Bonchev–Trinajstić information content (AvgIpc) is 3.27. The van der Waals surface area contributed by atoms with E-state index in [0.29, 0.717) is 48.1 Å². The number of aromatic nitrogens is 4. The molecule has 0 radical (unpaired) electrons. The van der Waals surface area contributed by atoms with Crippen LogP contribution in [0.1, 0.15) is 12.0 Å². The van der Waals surface area contributed by atoms with E-state index in [1.54, 1.807) is 24.5 Å². The average molecular weight is 590 g/mol. The van der Waals surface area contributed by atoms with E-state index in [2.05, 4.69) is 25.5 Å². The minimum absolute atomic E-state index is 0.0614. The van der Waals surface area contributed by atoms with E-state index in [1.165, 1.54) is 24.3 Å². The van der Waals surface area contributed by atoms with E-state index in [9.17, 15) is 19.1 Å². The van der Waals surface area contributed by atoms with Crippen molar-refractivity contribution in [3.05, 3.63) is 60.4 Å². The number of aromatic hydroxyl groups is 1. The quantitative estimate of drug-likeness (QED) is 0.0991. The van der Waals surface area contributed by atoms with Crippen LogP contribution in [0.4, 0.5) is 17.5 Å². The fourth-order valence-corrected chi connectivity index (χ4v) is 7.34. The molecule has 0 amide bonds. The number of nitrogens with one attached hydrogen (secondary N) is 2. The minimum Gasteiger partial charge on any atom is -0.508 e. The lowest BCUT2D eigenvalue weighted by atomic mass is 10.1. The molecule has 0 saturated carbocycles. The van der Waals surface area contributed by atoms with Crippen LogP contribution in [0.3, 0.4) is 0 Å². The predicted octanol–water partition coefficient (Wildman–Crippen LogP) is 2.91. The Morgan fingerprint density at radius 2 is 1.77 bits per heavy atom. The molecule has 214 valence electrons. The van der Waals surface area contributed by atoms with Crippen LogP contribution in [0.25, 0.3) is 11.2 Å². The highest BCUT2D eigenvalue weighted by Crippen LogP contribution is 2.53. The van der Waals surface area contributed by atoms with E-state index < -0.39 is 20.9 Å². The lowest BCUT2D eigenvalue weighted by Gasteiger charge is -2.14. The van der Waals surface area contributed by atoms with Crippen LogP contribution >= 0.6 is 15.0 Å². The molecule has 15 heteroatoms. The number of rotatable bonds is 13. The van der Waals surface area contributed by atoms with Gasteiger partial charge in [0.25, 0.3) is 0 Å². The lowest BCUT2D eigenvalue weighted by molar-refractivity contribution is 0.376. The van der Waals surface area contributed by atoms with Gasteiger partial charge in [-0.1, -0.05) is 12.1 Å². The van der Waals surface area contributed by atoms with Crippen LogP contribution in [0.15, 0.2) is 54.9 Å². The van der Waals surface area contributed by atoms with Gasteiger partial charge < -0.3 is 39.9 Å². The van der Waals surface area contributed by atoms with Gasteiger partial charge in [-0.2, -0.15) is 9.97 Å². The Bertz CT molecular complexity index is 1560.